The number of unbranched alkanes of at least 4 members (excludes halogenated alkanes) is 1. The van der Waals surface area contributed by atoms with Gasteiger partial charge in [-0.25, -0.2) is 0 Å². The number of hydrogen-bond acceptors (Lipinski definition) is 4. The molecule has 1 aromatic carbocycles. The third-order valence-electron chi connectivity index (χ3n) is 2.59. The van der Waals surface area contributed by atoms with Crippen molar-refractivity contribution in [2.45, 2.75) is 26.7 Å². The van der Waals surface area contributed by atoms with Crippen LogP contribution >= 0.6 is 0 Å². The van der Waals surface area contributed by atoms with Crippen molar-refractivity contribution in [1.82, 2.24) is 5.32 Å². The zero-order chi connectivity index (χ0) is 14.8. The van der Waals surface area contributed by atoms with Crippen molar-refractivity contribution >= 4 is 11.9 Å². The molecule has 1 N–H and O–H groups in total. The summed E-state index contributed by atoms with van der Waals surface area (Å²) >= 11 is 0. The van der Waals surface area contributed by atoms with Crippen LogP contribution in [-0.2, 0) is 9.53 Å². The molecule has 0 saturated heterocycles. The van der Waals surface area contributed by atoms with Gasteiger partial charge in [-0.05, 0) is 25.5 Å². The molecule has 0 bridgehead atoms. The van der Waals surface area contributed by atoms with E-state index in [9.17, 15) is 9.59 Å². The molecule has 0 aromatic heterocycles. The highest BCUT2D eigenvalue weighted by Crippen LogP contribution is 2.17. The Balaban J connectivity index is 2.48. The summed E-state index contributed by atoms with van der Waals surface area (Å²) in [6.45, 7) is 4.59. The first-order chi connectivity index (χ1) is 9.69. The molecule has 0 unspecified atom stereocenters. The van der Waals surface area contributed by atoms with Crippen molar-refractivity contribution in [3.8, 4) is 5.75 Å². The van der Waals surface area contributed by atoms with Crippen molar-refractivity contribution < 1.29 is 19.1 Å². The van der Waals surface area contributed by atoms with Crippen LogP contribution in [0.3, 0.4) is 0 Å². The average molecular weight is 279 g/mol. The van der Waals surface area contributed by atoms with Crippen LogP contribution in [-0.4, -0.2) is 31.6 Å². The molecule has 0 saturated carbocycles. The Morgan fingerprint density at radius 2 is 1.95 bits per heavy atom. The zero-order valence-electron chi connectivity index (χ0n) is 12.0. The largest absolute Gasteiger partial charge is 0.493 e. The smallest absolute Gasteiger partial charge is 0.325 e. The van der Waals surface area contributed by atoms with Crippen LogP contribution in [0.1, 0.15) is 37.0 Å². The summed E-state index contributed by atoms with van der Waals surface area (Å²) in [5, 5.41) is 2.53. The molecule has 1 aromatic rings. The highest BCUT2D eigenvalue weighted by molar-refractivity contribution is 5.98. The summed E-state index contributed by atoms with van der Waals surface area (Å²) in [6, 6.07) is 6.92. The molecule has 0 aliphatic heterocycles. The first-order valence-corrected chi connectivity index (χ1v) is 6.84. The van der Waals surface area contributed by atoms with E-state index in [2.05, 4.69) is 5.32 Å². The first kappa shape index (κ1) is 16.0. The third kappa shape index (κ3) is 5.30. The molecule has 0 aliphatic rings. The third-order valence-corrected chi connectivity index (χ3v) is 2.59. The fraction of sp³-hybridized carbons (Fsp3) is 0.467. The lowest BCUT2D eigenvalue weighted by molar-refractivity contribution is -0.142. The van der Waals surface area contributed by atoms with Crippen LogP contribution in [0.2, 0.25) is 0 Å². The minimum absolute atomic E-state index is 0.136. The molecule has 1 rings (SSSR count). The number of para-hydroxylation sites is 1. The Kier molecular flexibility index (Phi) is 7.17. The van der Waals surface area contributed by atoms with Crippen molar-refractivity contribution in [1.29, 1.82) is 0 Å². The van der Waals surface area contributed by atoms with Gasteiger partial charge >= 0.3 is 5.97 Å². The van der Waals surface area contributed by atoms with Crippen LogP contribution < -0.4 is 10.1 Å². The van der Waals surface area contributed by atoms with Gasteiger partial charge < -0.3 is 14.8 Å². The summed E-state index contributed by atoms with van der Waals surface area (Å²) in [7, 11) is 0. The molecule has 0 aliphatic carbocycles. The van der Waals surface area contributed by atoms with E-state index in [0.717, 1.165) is 12.8 Å². The van der Waals surface area contributed by atoms with Gasteiger partial charge in [-0.3, -0.25) is 9.59 Å². The highest BCUT2D eigenvalue weighted by atomic mass is 16.5. The number of esters is 1. The van der Waals surface area contributed by atoms with Gasteiger partial charge in [-0.2, -0.15) is 0 Å². The maximum atomic E-state index is 12.0. The van der Waals surface area contributed by atoms with E-state index < -0.39 is 5.97 Å². The second-order valence-corrected chi connectivity index (χ2v) is 4.19. The molecule has 0 heterocycles. The minimum Gasteiger partial charge on any atom is -0.493 e. The van der Waals surface area contributed by atoms with Gasteiger partial charge in [0.05, 0.1) is 18.8 Å². The number of benzene rings is 1. The van der Waals surface area contributed by atoms with Crippen LogP contribution in [0.15, 0.2) is 24.3 Å². The Morgan fingerprint density at radius 3 is 2.65 bits per heavy atom. The second-order valence-electron chi connectivity index (χ2n) is 4.19. The number of carbonyl (C=O) groups excluding carboxylic acids is 2. The van der Waals surface area contributed by atoms with Gasteiger partial charge in [0.2, 0.25) is 0 Å². The summed E-state index contributed by atoms with van der Waals surface area (Å²) < 4.78 is 10.3. The fourth-order valence-electron chi connectivity index (χ4n) is 1.56. The Bertz CT molecular complexity index is 445. The SMILES string of the molecule is CCCCOC(=O)CNC(=O)c1ccccc1OCC. The molecule has 0 radical (unpaired) electrons. The number of rotatable bonds is 8. The quantitative estimate of drug-likeness (QED) is 0.585. The van der Waals surface area contributed by atoms with Crippen molar-refractivity contribution in [2.24, 2.45) is 0 Å². The summed E-state index contributed by atoms with van der Waals surface area (Å²) in [5.74, 6) is -0.269. The molecular formula is C15H21NO4. The summed E-state index contributed by atoms with van der Waals surface area (Å²) in [5.41, 5.74) is 0.413. The number of hydrogen-bond donors (Lipinski definition) is 1. The number of amides is 1. The Labute approximate surface area is 119 Å². The standard InChI is InChI=1S/C15H21NO4/c1-3-5-10-20-14(17)11-16-15(18)12-8-6-7-9-13(12)19-4-2/h6-9H,3-5,10-11H2,1-2H3,(H,16,18). The second kappa shape index (κ2) is 8.96. The van der Waals surface area contributed by atoms with Gasteiger partial charge in [0, 0.05) is 0 Å². The molecule has 110 valence electrons. The molecular weight excluding hydrogens is 258 g/mol. The topological polar surface area (TPSA) is 64.6 Å². The van der Waals surface area contributed by atoms with E-state index in [0.29, 0.717) is 24.5 Å². The zero-order valence-corrected chi connectivity index (χ0v) is 12.0. The van der Waals surface area contributed by atoms with Crippen molar-refractivity contribution in [3.63, 3.8) is 0 Å². The van der Waals surface area contributed by atoms with Crippen LogP contribution in [0.4, 0.5) is 0 Å². The monoisotopic (exact) mass is 279 g/mol. The number of ether oxygens (including phenoxy) is 2. The van der Waals surface area contributed by atoms with Crippen LogP contribution in [0.25, 0.3) is 0 Å². The predicted molar refractivity (Wildman–Crippen MR) is 75.8 cm³/mol. The number of nitrogens with one attached hydrogen (secondary N) is 1. The van der Waals surface area contributed by atoms with E-state index in [1.165, 1.54) is 0 Å². The Hall–Kier alpha value is -2.04. The minimum atomic E-state index is -0.430. The van der Waals surface area contributed by atoms with Gasteiger partial charge in [-0.15, -0.1) is 0 Å². The normalized spacial score (nSPS) is 9.90. The molecule has 20 heavy (non-hydrogen) atoms. The van der Waals surface area contributed by atoms with Gasteiger partial charge in [-0.1, -0.05) is 25.5 Å². The molecule has 5 nitrogen and oxygen atoms in total. The Morgan fingerprint density at radius 1 is 1.20 bits per heavy atom. The lowest BCUT2D eigenvalue weighted by Crippen LogP contribution is -2.31. The van der Waals surface area contributed by atoms with Gasteiger partial charge in [0.25, 0.3) is 5.91 Å². The van der Waals surface area contributed by atoms with Crippen LogP contribution in [0.5, 0.6) is 5.75 Å². The average Bonchev–Trinajstić information content (AvgIpc) is 2.46. The highest BCUT2D eigenvalue weighted by Gasteiger charge is 2.13. The summed E-state index contributed by atoms with van der Waals surface area (Å²) in [4.78, 5) is 23.4. The number of carbonyl (C=O) groups is 2. The van der Waals surface area contributed by atoms with E-state index in [4.69, 9.17) is 9.47 Å². The van der Waals surface area contributed by atoms with Gasteiger partial charge in [0.1, 0.15) is 12.3 Å². The predicted octanol–water partition coefficient (Wildman–Crippen LogP) is 2.16. The first-order valence-electron chi connectivity index (χ1n) is 6.84. The molecule has 1 amide bonds. The lowest BCUT2D eigenvalue weighted by Gasteiger charge is -2.10. The van der Waals surface area contributed by atoms with Crippen molar-refractivity contribution in [2.75, 3.05) is 19.8 Å². The summed E-state index contributed by atoms with van der Waals surface area (Å²) in [6.07, 6.45) is 1.79. The fourth-order valence-corrected chi connectivity index (χ4v) is 1.56. The van der Waals surface area contributed by atoms with Crippen molar-refractivity contribution in [3.05, 3.63) is 29.8 Å². The maximum Gasteiger partial charge on any atom is 0.325 e. The molecule has 0 fully saturated rings. The maximum absolute atomic E-state index is 12.0. The van der Waals surface area contributed by atoms with Crippen LogP contribution in [0, 0.1) is 0 Å². The molecule has 5 heteroatoms. The van der Waals surface area contributed by atoms with Gasteiger partial charge in [0.15, 0.2) is 0 Å². The van der Waals surface area contributed by atoms with E-state index in [1.54, 1.807) is 24.3 Å². The van der Waals surface area contributed by atoms with E-state index in [1.807, 2.05) is 13.8 Å². The molecule has 0 spiro atoms. The van der Waals surface area contributed by atoms with E-state index >= 15 is 0 Å². The molecule has 0 atom stereocenters. The lowest BCUT2D eigenvalue weighted by atomic mass is 10.2. The van der Waals surface area contributed by atoms with E-state index in [-0.39, 0.29) is 12.5 Å².